The third-order valence-corrected chi connectivity index (χ3v) is 4.14. The van der Waals surface area contributed by atoms with Gasteiger partial charge in [-0.15, -0.1) is 0 Å². The molecule has 2 fully saturated rings. The van der Waals surface area contributed by atoms with E-state index in [1.54, 1.807) is 6.33 Å². The van der Waals surface area contributed by atoms with Crippen molar-refractivity contribution in [3.63, 3.8) is 0 Å². The number of nitrogens with zero attached hydrogens (tertiary/aromatic N) is 2. The number of carbonyl (C=O) groups is 1. The second kappa shape index (κ2) is 3.09. The molecule has 0 radical (unpaired) electrons. The molecule has 86 valence electrons. The average Bonchev–Trinajstić information content (AvgIpc) is 2.59. The molecule has 1 saturated heterocycles. The lowest BCUT2D eigenvalue weighted by Gasteiger charge is -2.19. The number of fused-ring (bicyclic) bond motifs is 1. The van der Waals surface area contributed by atoms with Crippen LogP contribution in [0, 0.1) is 18.3 Å². The number of amides is 1. The lowest BCUT2D eigenvalue weighted by Crippen LogP contribution is -2.32. The first kappa shape index (κ1) is 9.87. The molecular weight excluding hydrogens is 202 g/mol. The molecule has 0 bridgehead atoms. The van der Waals surface area contributed by atoms with Crippen LogP contribution in [-0.2, 0) is 11.2 Å². The van der Waals surface area contributed by atoms with Crippen LogP contribution in [0.4, 0.5) is 0 Å². The summed E-state index contributed by atoms with van der Waals surface area (Å²) in [6.45, 7) is 6.14. The largest absolute Gasteiger partial charge is 0.348 e. The maximum atomic E-state index is 12.0. The highest BCUT2D eigenvalue weighted by Crippen LogP contribution is 2.57. The summed E-state index contributed by atoms with van der Waals surface area (Å²) >= 11 is 0. The number of aromatic amines is 1. The first-order valence-electron chi connectivity index (χ1n) is 5.85. The van der Waals surface area contributed by atoms with Gasteiger partial charge in [-0.1, -0.05) is 6.92 Å². The monoisotopic (exact) mass is 219 g/mol. The zero-order valence-corrected chi connectivity index (χ0v) is 9.79. The number of carbonyl (C=O) groups excluding carboxylic acids is 1. The number of imidazole rings is 1. The van der Waals surface area contributed by atoms with Gasteiger partial charge in [-0.3, -0.25) is 4.79 Å². The molecule has 2 atom stereocenters. The average molecular weight is 219 g/mol. The highest BCUT2D eigenvalue weighted by molar-refractivity contribution is 5.79. The molecule has 1 amide bonds. The molecule has 4 nitrogen and oxygen atoms in total. The number of aryl methyl sites for hydroxylation is 1. The quantitative estimate of drug-likeness (QED) is 0.810. The van der Waals surface area contributed by atoms with E-state index in [-0.39, 0.29) is 5.91 Å². The van der Waals surface area contributed by atoms with Crippen LogP contribution in [-0.4, -0.2) is 33.9 Å². The zero-order valence-electron chi connectivity index (χ0n) is 9.79. The summed E-state index contributed by atoms with van der Waals surface area (Å²) in [5, 5.41) is 0. The number of likely N-dealkylation sites (tertiary alicyclic amines) is 1. The van der Waals surface area contributed by atoms with Gasteiger partial charge in [-0.05, 0) is 24.7 Å². The molecule has 2 aliphatic rings. The third kappa shape index (κ3) is 1.44. The van der Waals surface area contributed by atoms with E-state index in [1.807, 2.05) is 11.8 Å². The number of rotatable bonds is 2. The van der Waals surface area contributed by atoms with Crippen molar-refractivity contribution in [1.29, 1.82) is 0 Å². The maximum Gasteiger partial charge on any atom is 0.228 e. The lowest BCUT2D eigenvalue weighted by atomic mass is 10.1. The Morgan fingerprint density at radius 1 is 1.75 bits per heavy atom. The number of nitrogens with one attached hydrogen (secondary N) is 1. The molecule has 1 aliphatic carbocycles. The Hall–Kier alpha value is -1.32. The van der Waals surface area contributed by atoms with Gasteiger partial charge in [0, 0.05) is 18.8 Å². The Morgan fingerprint density at radius 2 is 2.56 bits per heavy atom. The van der Waals surface area contributed by atoms with Gasteiger partial charge in [0.2, 0.25) is 5.91 Å². The van der Waals surface area contributed by atoms with Crippen molar-refractivity contribution in [2.75, 3.05) is 13.1 Å². The molecule has 16 heavy (non-hydrogen) atoms. The molecule has 1 aromatic rings. The van der Waals surface area contributed by atoms with E-state index in [1.165, 1.54) is 6.42 Å². The van der Waals surface area contributed by atoms with Gasteiger partial charge in [0.1, 0.15) is 0 Å². The van der Waals surface area contributed by atoms with Crippen LogP contribution in [0.15, 0.2) is 6.33 Å². The van der Waals surface area contributed by atoms with Crippen molar-refractivity contribution >= 4 is 5.91 Å². The van der Waals surface area contributed by atoms with Gasteiger partial charge in [0.05, 0.1) is 18.4 Å². The zero-order chi connectivity index (χ0) is 11.3. The Kier molecular flexibility index (Phi) is 1.91. The van der Waals surface area contributed by atoms with Crippen molar-refractivity contribution in [3.8, 4) is 0 Å². The van der Waals surface area contributed by atoms with Crippen molar-refractivity contribution < 1.29 is 4.79 Å². The number of aromatic nitrogens is 2. The smallest absolute Gasteiger partial charge is 0.228 e. The second-order valence-corrected chi connectivity index (χ2v) is 5.48. The minimum Gasteiger partial charge on any atom is -0.348 e. The van der Waals surface area contributed by atoms with E-state index in [2.05, 4.69) is 16.9 Å². The minimum atomic E-state index is 0.226. The molecule has 1 aliphatic heterocycles. The predicted molar refractivity (Wildman–Crippen MR) is 59.8 cm³/mol. The van der Waals surface area contributed by atoms with Crippen molar-refractivity contribution in [3.05, 3.63) is 17.7 Å². The molecule has 2 heterocycles. The Morgan fingerprint density at radius 3 is 3.12 bits per heavy atom. The summed E-state index contributed by atoms with van der Waals surface area (Å²) in [4.78, 5) is 21.2. The molecule has 2 unspecified atom stereocenters. The summed E-state index contributed by atoms with van der Waals surface area (Å²) in [6, 6.07) is 0. The summed E-state index contributed by atoms with van der Waals surface area (Å²) < 4.78 is 0. The Bertz CT molecular complexity index is 439. The first-order valence-corrected chi connectivity index (χ1v) is 5.85. The molecule has 0 aromatic carbocycles. The number of hydrogen-bond donors (Lipinski definition) is 1. The van der Waals surface area contributed by atoms with Crippen LogP contribution in [0.25, 0.3) is 0 Å². The van der Waals surface area contributed by atoms with E-state index in [0.717, 1.165) is 30.4 Å². The number of hydrogen-bond acceptors (Lipinski definition) is 2. The number of piperidine rings is 1. The fourth-order valence-electron chi connectivity index (χ4n) is 2.76. The van der Waals surface area contributed by atoms with E-state index in [0.29, 0.717) is 11.8 Å². The standard InChI is InChI=1S/C12H17N3O/c1-8-10(14-7-13-8)3-11(16)15-5-9-4-12(9,2)6-15/h7,9H,3-6H2,1-2H3,(H,13,14). The van der Waals surface area contributed by atoms with Crippen LogP contribution in [0.5, 0.6) is 0 Å². The van der Waals surface area contributed by atoms with E-state index in [9.17, 15) is 4.79 Å². The van der Waals surface area contributed by atoms with Gasteiger partial charge in [0.15, 0.2) is 0 Å². The van der Waals surface area contributed by atoms with Crippen LogP contribution in [0.3, 0.4) is 0 Å². The van der Waals surface area contributed by atoms with Gasteiger partial charge in [-0.25, -0.2) is 4.98 Å². The van der Waals surface area contributed by atoms with Crippen molar-refractivity contribution in [1.82, 2.24) is 14.9 Å². The molecule has 1 N–H and O–H groups in total. The minimum absolute atomic E-state index is 0.226. The molecule has 1 aromatic heterocycles. The fourth-order valence-corrected chi connectivity index (χ4v) is 2.76. The molecule has 3 rings (SSSR count). The van der Waals surface area contributed by atoms with Crippen LogP contribution >= 0.6 is 0 Å². The summed E-state index contributed by atoms with van der Waals surface area (Å²) in [5.41, 5.74) is 2.33. The van der Waals surface area contributed by atoms with Crippen LogP contribution in [0.1, 0.15) is 24.7 Å². The van der Waals surface area contributed by atoms with Gasteiger partial charge in [-0.2, -0.15) is 0 Å². The normalized spacial score (nSPS) is 31.6. The predicted octanol–water partition coefficient (Wildman–Crippen LogP) is 1.13. The first-order chi connectivity index (χ1) is 7.58. The van der Waals surface area contributed by atoms with Crippen molar-refractivity contribution in [2.24, 2.45) is 11.3 Å². The fraction of sp³-hybridized carbons (Fsp3) is 0.667. The molecule has 4 heteroatoms. The molecule has 0 spiro atoms. The SMILES string of the molecule is Cc1[nH]cnc1CC(=O)N1CC2CC2(C)C1. The van der Waals surface area contributed by atoms with E-state index < -0.39 is 0 Å². The summed E-state index contributed by atoms with van der Waals surface area (Å²) in [7, 11) is 0. The molecule has 1 saturated carbocycles. The second-order valence-electron chi connectivity index (χ2n) is 5.48. The van der Waals surface area contributed by atoms with Crippen LogP contribution < -0.4 is 0 Å². The van der Waals surface area contributed by atoms with E-state index >= 15 is 0 Å². The third-order valence-electron chi connectivity index (χ3n) is 4.14. The Labute approximate surface area is 95.1 Å². The molecular formula is C12H17N3O. The lowest BCUT2D eigenvalue weighted by molar-refractivity contribution is -0.130. The maximum absolute atomic E-state index is 12.0. The van der Waals surface area contributed by atoms with E-state index in [4.69, 9.17) is 0 Å². The highest BCUT2D eigenvalue weighted by atomic mass is 16.2. The summed E-state index contributed by atoms with van der Waals surface area (Å²) in [6.07, 6.45) is 3.40. The highest BCUT2D eigenvalue weighted by Gasteiger charge is 2.57. The van der Waals surface area contributed by atoms with Gasteiger partial charge >= 0.3 is 0 Å². The van der Waals surface area contributed by atoms with Gasteiger partial charge in [0.25, 0.3) is 0 Å². The topological polar surface area (TPSA) is 49.0 Å². The Balaban J connectivity index is 1.65. The van der Waals surface area contributed by atoms with Crippen molar-refractivity contribution in [2.45, 2.75) is 26.7 Å². The summed E-state index contributed by atoms with van der Waals surface area (Å²) in [5.74, 6) is 0.986. The van der Waals surface area contributed by atoms with Gasteiger partial charge < -0.3 is 9.88 Å². The van der Waals surface area contributed by atoms with Crippen LogP contribution in [0.2, 0.25) is 0 Å². The number of H-pyrrole nitrogens is 1.